The molecule has 58 heavy (non-hydrogen) atoms. The number of rotatable bonds is 40. The fourth-order valence-electron chi connectivity index (χ4n) is 5.23. The summed E-state index contributed by atoms with van der Waals surface area (Å²) in [6.07, 6.45) is 53.1. The Hall–Kier alpha value is -3.11. The molecule has 4 N–H and O–H groups in total. The maximum atomic E-state index is 12.6. The lowest BCUT2D eigenvalue weighted by atomic mass is 10.1. The van der Waals surface area contributed by atoms with Crippen LogP contribution < -0.4 is 5.73 Å². The minimum atomic E-state index is -4.41. The Balaban J connectivity index is 4.33. The lowest BCUT2D eigenvalue weighted by Gasteiger charge is -2.19. The zero-order valence-corrected chi connectivity index (χ0v) is 36.6. The minimum Gasteiger partial charge on any atom is -0.462 e. The molecule has 2 atom stereocenters. The first-order valence-corrected chi connectivity index (χ1v) is 23.3. The molecule has 11 heteroatoms. The van der Waals surface area contributed by atoms with Gasteiger partial charge >= 0.3 is 19.8 Å². The van der Waals surface area contributed by atoms with Crippen LogP contribution in [0.3, 0.4) is 0 Å². The molecule has 0 bridgehead atoms. The zero-order valence-electron chi connectivity index (χ0n) is 35.7. The molecule has 0 radical (unpaired) electrons. The van der Waals surface area contributed by atoms with E-state index in [0.29, 0.717) is 19.3 Å². The average molecular weight is 832 g/mol. The van der Waals surface area contributed by atoms with Crippen molar-refractivity contribution >= 4 is 19.8 Å². The van der Waals surface area contributed by atoms with E-state index in [0.717, 1.165) is 83.5 Å². The van der Waals surface area contributed by atoms with Gasteiger partial charge in [0.15, 0.2) is 6.10 Å². The molecule has 0 saturated carbocycles. The number of unbranched alkanes of at least 4 members (excludes halogenated alkanes) is 10. The molecule has 0 heterocycles. The van der Waals surface area contributed by atoms with Gasteiger partial charge in [0.25, 0.3) is 0 Å². The summed E-state index contributed by atoms with van der Waals surface area (Å²) in [6.45, 7) is 1.58. The van der Waals surface area contributed by atoms with Crippen molar-refractivity contribution in [3.63, 3.8) is 0 Å². The van der Waals surface area contributed by atoms with Crippen molar-refractivity contribution in [3.8, 4) is 0 Å². The standard InChI is InChI=1S/C47H78NO9P/c1-2-3-4-5-6-7-8-9-10-11-12-14-18-21-24-27-30-33-36-39-47(51)57-45(44-56-58(52,53)55-42-40-48)43-54-46(50)38-35-32-29-26-23-20-17-15-13-16-19-22-25-28-31-34-37-41-49/h6-7,9-10,12-14,16-17,20-22,24-26,29,45,49H,2-5,8,11,15,18-19,23,27-28,30-44,48H2,1H3,(H,52,53)/b7-6-,10-9-,14-12-,16-13-,20-17-,24-21-,25-22-,29-26-/t45-/m1/s1. The number of hydrogen-bond donors (Lipinski definition) is 3. The first-order valence-electron chi connectivity index (χ1n) is 21.8. The van der Waals surface area contributed by atoms with Crippen LogP contribution in [-0.2, 0) is 32.7 Å². The maximum absolute atomic E-state index is 12.6. The molecule has 10 nitrogen and oxygen atoms in total. The third-order valence-corrected chi connectivity index (χ3v) is 9.48. The number of aliphatic hydroxyl groups excluding tert-OH is 1. The van der Waals surface area contributed by atoms with Crippen molar-refractivity contribution in [3.05, 3.63) is 97.2 Å². The van der Waals surface area contributed by atoms with E-state index in [-0.39, 0.29) is 39.2 Å². The van der Waals surface area contributed by atoms with E-state index < -0.39 is 32.5 Å². The second-order valence-corrected chi connectivity index (χ2v) is 15.4. The number of phosphoric ester groups is 1. The number of carbonyl (C=O) groups is 2. The van der Waals surface area contributed by atoms with Crippen LogP contribution in [0.1, 0.15) is 148 Å². The van der Waals surface area contributed by atoms with Gasteiger partial charge in [-0.25, -0.2) is 4.57 Å². The van der Waals surface area contributed by atoms with E-state index in [4.69, 9.17) is 29.4 Å². The Bertz CT molecular complexity index is 1270. The summed E-state index contributed by atoms with van der Waals surface area (Å²) in [5.41, 5.74) is 5.34. The summed E-state index contributed by atoms with van der Waals surface area (Å²) in [5, 5.41) is 8.79. The van der Waals surface area contributed by atoms with Crippen molar-refractivity contribution < 1.29 is 42.7 Å². The summed E-state index contributed by atoms with van der Waals surface area (Å²) in [7, 11) is -4.41. The molecule has 0 aromatic rings. The van der Waals surface area contributed by atoms with Crippen LogP contribution in [0.5, 0.6) is 0 Å². The molecular formula is C47H78NO9P. The number of hydrogen-bond acceptors (Lipinski definition) is 9. The summed E-state index contributed by atoms with van der Waals surface area (Å²) < 4.78 is 32.7. The molecule has 0 aliphatic rings. The van der Waals surface area contributed by atoms with Crippen LogP contribution in [0.2, 0.25) is 0 Å². The molecule has 0 aliphatic carbocycles. The van der Waals surface area contributed by atoms with Gasteiger partial charge in [0.2, 0.25) is 0 Å². The quantitative estimate of drug-likeness (QED) is 0.0235. The molecule has 0 rings (SSSR count). The van der Waals surface area contributed by atoms with Crippen molar-refractivity contribution in [2.45, 2.75) is 154 Å². The monoisotopic (exact) mass is 832 g/mol. The van der Waals surface area contributed by atoms with Gasteiger partial charge in [0.1, 0.15) is 6.61 Å². The fourth-order valence-corrected chi connectivity index (χ4v) is 6.00. The van der Waals surface area contributed by atoms with Crippen molar-refractivity contribution in [1.29, 1.82) is 0 Å². The molecule has 0 spiro atoms. The zero-order chi connectivity index (χ0) is 42.5. The SMILES string of the molecule is CCCCC/C=C\C/C=C\C/C=C\C/C=C\CCCCCC(=O)O[C@H](COC(=O)CCC/C=C\C/C=C\C/C=C\C/C=C\CCCCCO)COP(=O)(O)OCCN. The highest BCUT2D eigenvalue weighted by Gasteiger charge is 2.25. The van der Waals surface area contributed by atoms with E-state index in [1.54, 1.807) is 0 Å². The van der Waals surface area contributed by atoms with E-state index in [1.165, 1.54) is 25.7 Å². The Morgan fingerprint density at radius 1 is 0.552 bits per heavy atom. The number of phosphoric acid groups is 1. The third kappa shape index (κ3) is 42.5. The number of ether oxygens (including phenoxy) is 2. The molecule has 1 unspecified atom stereocenters. The highest BCUT2D eigenvalue weighted by molar-refractivity contribution is 7.47. The van der Waals surface area contributed by atoms with Crippen LogP contribution in [0.4, 0.5) is 0 Å². The van der Waals surface area contributed by atoms with Gasteiger partial charge in [0.05, 0.1) is 13.2 Å². The predicted octanol–water partition coefficient (Wildman–Crippen LogP) is 11.6. The first-order chi connectivity index (χ1) is 28.3. The number of esters is 2. The van der Waals surface area contributed by atoms with Crippen LogP contribution in [0.25, 0.3) is 0 Å². The summed E-state index contributed by atoms with van der Waals surface area (Å²) in [5.74, 6) is -0.955. The second kappa shape index (κ2) is 43.5. The number of carbonyl (C=O) groups excluding carboxylic acids is 2. The minimum absolute atomic E-state index is 0.0307. The van der Waals surface area contributed by atoms with Gasteiger partial charge in [-0.05, 0) is 103 Å². The van der Waals surface area contributed by atoms with Crippen molar-refractivity contribution in [1.82, 2.24) is 0 Å². The summed E-state index contributed by atoms with van der Waals surface area (Å²) in [4.78, 5) is 34.9. The van der Waals surface area contributed by atoms with Crippen LogP contribution >= 0.6 is 7.82 Å². The number of aliphatic hydroxyl groups is 1. The van der Waals surface area contributed by atoms with Gasteiger partial charge in [-0.15, -0.1) is 0 Å². The lowest BCUT2D eigenvalue weighted by Crippen LogP contribution is -2.29. The van der Waals surface area contributed by atoms with Crippen LogP contribution in [0.15, 0.2) is 97.2 Å². The Kier molecular flexibility index (Phi) is 41.1. The molecular weight excluding hydrogens is 753 g/mol. The molecule has 0 amide bonds. The lowest BCUT2D eigenvalue weighted by molar-refractivity contribution is -0.161. The fraction of sp³-hybridized carbons (Fsp3) is 0.617. The smallest absolute Gasteiger partial charge is 0.462 e. The van der Waals surface area contributed by atoms with Crippen LogP contribution in [0, 0.1) is 0 Å². The van der Waals surface area contributed by atoms with E-state index >= 15 is 0 Å². The highest BCUT2D eigenvalue weighted by atomic mass is 31.2. The van der Waals surface area contributed by atoms with Gasteiger partial charge in [0, 0.05) is 26.0 Å². The third-order valence-electron chi connectivity index (χ3n) is 8.50. The van der Waals surface area contributed by atoms with Gasteiger partial charge in [-0.1, -0.05) is 130 Å². The molecule has 0 saturated heterocycles. The van der Waals surface area contributed by atoms with E-state index in [2.05, 4.69) is 98.1 Å². The molecule has 0 fully saturated rings. The summed E-state index contributed by atoms with van der Waals surface area (Å²) in [6, 6.07) is 0. The first kappa shape index (κ1) is 54.9. The highest BCUT2D eigenvalue weighted by Crippen LogP contribution is 2.43. The van der Waals surface area contributed by atoms with Crippen molar-refractivity contribution in [2.75, 3.05) is 33.0 Å². The Morgan fingerprint density at radius 3 is 1.45 bits per heavy atom. The average Bonchev–Trinajstić information content (AvgIpc) is 3.21. The summed E-state index contributed by atoms with van der Waals surface area (Å²) >= 11 is 0. The molecule has 330 valence electrons. The van der Waals surface area contributed by atoms with Gasteiger partial charge in [-0.3, -0.25) is 18.6 Å². The van der Waals surface area contributed by atoms with Crippen LogP contribution in [-0.4, -0.2) is 61.0 Å². The molecule has 0 aliphatic heterocycles. The predicted molar refractivity (Wildman–Crippen MR) is 239 cm³/mol. The largest absolute Gasteiger partial charge is 0.472 e. The molecule has 0 aromatic heterocycles. The Labute approximate surface area is 351 Å². The van der Waals surface area contributed by atoms with Crippen molar-refractivity contribution in [2.24, 2.45) is 5.73 Å². The Morgan fingerprint density at radius 2 is 0.983 bits per heavy atom. The van der Waals surface area contributed by atoms with E-state index in [1.807, 2.05) is 6.08 Å². The maximum Gasteiger partial charge on any atom is 0.472 e. The number of nitrogens with two attached hydrogens (primary N) is 1. The van der Waals surface area contributed by atoms with E-state index in [9.17, 15) is 19.0 Å². The molecule has 0 aromatic carbocycles. The van der Waals surface area contributed by atoms with Gasteiger partial charge in [-0.2, -0.15) is 0 Å². The number of allylic oxidation sites excluding steroid dienone is 16. The van der Waals surface area contributed by atoms with Gasteiger partial charge < -0.3 is 25.2 Å². The second-order valence-electron chi connectivity index (χ2n) is 13.9. The topological polar surface area (TPSA) is 155 Å². The normalized spacial score (nSPS) is 14.2.